The highest BCUT2D eigenvalue weighted by Crippen LogP contribution is 2.30. The minimum atomic E-state index is -0.0868. The summed E-state index contributed by atoms with van der Waals surface area (Å²) in [5, 5.41) is 3.41. The number of nitrogens with zero attached hydrogens (tertiary/aromatic N) is 5. The summed E-state index contributed by atoms with van der Waals surface area (Å²) in [5.74, 6) is 1.26. The first-order valence-electron chi connectivity index (χ1n) is 13.1. The van der Waals surface area contributed by atoms with E-state index in [9.17, 15) is 4.79 Å². The molecule has 1 aliphatic heterocycles. The van der Waals surface area contributed by atoms with Crippen molar-refractivity contribution in [2.45, 2.75) is 53.1 Å². The van der Waals surface area contributed by atoms with Crippen molar-refractivity contribution >= 4 is 22.7 Å². The zero-order valence-corrected chi connectivity index (χ0v) is 22.0. The van der Waals surface area contributed by atoms with Crippen LogP contribution in [0, 0.1) is 13.8 Å². The summed E-state index contributed by atoms with van der Waals surface area (Å²) < 4.78 is 7.68. The molecule has 1 fully saturated rings. The normalized spacial score (nSPS) is 14.0. The van der Waals surface area contributed by atoms with E-state index >= 15 is 0 Å². The lowest BCUT2D eigenvalue weighted by atomic mass is 10.1. The first-order valence-corrected chi connectivity index (χ1v) is 13.1. The zero-order valence-electron chi connectivity index (χ0n) is 22.0. The van der Waals surface area contributed by atoms with E-state index in [1.165, 1.54) is 0 Å². The van der Waals surface area contributed by atoms with Crippen LogP contribution in [0.3, 0.4) is 0 Å². The van der Waals surface area contributed by atoms with Gasteiger partial charge in [0.2, 0.25) is 0 Å². The number of imidazole rings is 1. The number of aromatic amines is 1. The van der Waals surface area contributed by atoms with Crippen molar-refractivity contribution in [3.05, 3.63) is 63.8 Å². The van der Waals surface area contributed by atoms with Crippen LogP contribution in [0.5, 0.6) is 0 Å². The van der Waals surface area contributed by atoms with Gasteiger partial charge in [0, 0.05) is 48.2 Å². The Kier molecular flexibility index (Phi) is 7.23. The van der Waals surface area contributed by atoms with Crippen molar-refractivity contribution in [2.24, 2.45) is 0 Å². The Balaban J connectivity index is 1.58. The van der Waals surface area contributed by atoms with Crippen molar-refractivity contribution < 1.29 is 4.74 Å². The maximum absolute atomic E-state index is 12.6. The van der Waals surface area contributed by atoms with Gasteiger partial charge in [-0.3, -0.25) is 4.79 Å². The molecule has 37 heavy (non-hydrogen) atoms. The SMILES string of the molecule is CCC(CC)n1cnc2c(NCc3c(C)cc(C)[nH]c3=O)nc(-c3cccc(N4CCOCC4)c3)nc21. The lowest BCUT2D eigenvalue weighted by Gasteiger charge is -2.29. The molecule has 0 unspecified atom stereocenters. The van der Waals surface area contributed by atoms with Crippen molar-refractivity contribution in [2.75, 3.05) is 36.5 Å². The van der Waals surface area contributed by atoms with Crippen LogP contribution < -0.4 is 15.8 Å². The number of aromatic nitrogens is 5. The molecule has 1 aliphatic rings. The number of hydrogen-bond donors (Lipinski definition) is 2. The smallest absolute Gasteiger partial charge is 0.253 e. The molecule has 4 heterocycles. The third-order valence-electron chi connectivity index (χ3n) is 7.16. The fourth-order valence-electron chi connectivity index (χ4n) is 5.05. The van der Waals surface area contributed by atoms with Gasteiger partial charge in [0.25, 0.3) is 5.56 Å². The number of hydrogen-bond acceptors (Lipinski definition) is 7. The minimum absolute atomic E-state index is 0.0868. The van der Waals surface area contributed by atoms with Crippen LogP contribution in [0.25, 0.3) is 22.6 Å². The number of H-pyrrole nitrogens is 1. The number of benzene rings is 1. The molecule has 0 atom stereocenters. The summed E-state index contributed by atoms with van der Waals surface area (Å²) in [6.45, 7) is 11.7. The number of ether oxygens (including phenoxy) is 1. The molecule has 1 saturated heterocycles. The molecule has 1 aromatic carbocycles. The molecule has 0 radical (unpaired) electrons. The molecule has 0 bridgehead atoms. The summed E-state index contributed by atoms with van der Waals surface area (Å²) in [5.41, 5.74) is 5.98. The molecule has 0 aliphatic carbocycles. The van der Waals surface area contributed by atoms with Gasteiger partial charge in [-0.15, -0.1) is 0 Å². The topological polar surface area (TPSA) is 101 Å². The van der Waals surface area contributed by atoms with Gasteiger partial charge in [0.05, 0.1) is 19.5 Å². The summed E-state index contributed by atoms with van der Waals surface area (Å²) in [4.78, 5) is 32.5. The number of nitrogens with one attached hydrogen (secondary N) is 2. The molecular weight excluding hydrogens is 466 g/mol. The van der Waals surface area contributed by atoms with E-state index in [-0.39, 0.29) is 5.56 Å². The van der Waals surface area contributed by atoms with Crippen LogP contribution >= 0.6 is 0 Å². The first-order chi connectivity index (χ1) is 18.0. The molecule has 0 saturated carbocycles. The van der Waals surface area contributed by atoms with Gasteiger partial charge >= 0.3 is 0 Å². The predicted molar refractivity (Wildman–Crippen MR) is 147 cm³/mol. The summed E-state index contributed by atoms with van der Waals surface area (Å²) in [7, 11) is 0. The second kappa shape index (κ2) is 10.7. The molecule has 194 valence electrons. The van der Waals surface area contributed by atoms with Gasteiger partial charge < -0.3 is 24.5 Å². The van der Waals surface area contributed by atoms with Gasteiger partial charge in [0.1, 0.15) is 5.52 Å². The van der Waals surface area contributed by atoms with E-state index < -0.39 is 0 Å². The molecular formula is C28H35N7O2. The largest absolute Gasteiger partial charge is 0.378 e. The van der Waals surface area contributed by atoms with Gasteiger partial charge in [-0.2, -0.15) is 0 Å². The summed E-state index contributed by atoms with van der Waals surface area (Å²) in [6.07, 6.45) is 3.82. The van der Waals surface area contributed by atoms with Crippen LogP contribution in [0.4, 0.5) is 11.5 Å². The fraction of sp³-hybridized carbons (Fsp3) is 0.429. The Morgan fingerprint density at radius 1 is 1.11 bits per heavy atom. The van der Waals surface area contributed by atoms with Gasteiger partial charge in [0.15, 0.2) is 17.3 Å². The monoisotopic (exact) mass is 501 g/mol. The van der Waals surface area contributed by atoms with E-state index in [4.69, 9.17) is 19.7 Å². The van der Waals surface area contributed by atoms with E-state index in [2.05, 4.69) is 45.7 Å². The van der Waals surface area contributed by atoms with Crippen molar-refractivity contribution in [3.8, 4) is 11.4 Å². The van der Waals surface area contributed by atoms with Crippen LogP contribution in [0.15, 0.2) is 41.5 Å². The van der Waals surface area contributed by atoms with Crippen LogP contribution in [0.1, 0.15) is 49.6 Å². The predicted octanol–water partition coefficient (Wildman–Crippen LogP) is 4.61. The number of morpholine rings is 1. The Labute approximate surface area is 216 Å². The maximum Gasteiger partial charge on any atom is 0.253 e. The summed E-state index contributed by atoms with van der Waals surface area (Å²) in [6, 6.07) is 10.6. The fourth-order valence-corrected chi connectivity index (χ4v) is 5.05. The summed E-state index contributed by atoms with van der Waals surface area (Å²) >= 11 is 0. The Hall–Kier alpha value is -3.72. The lowest BCUT2D eigenvalue weighted by molar-refractivity contribution is 0.122. The third kappa shape index (κ3) is 5.09. The Bertz CT molecular complexity index is 1450. The number of aryl methyl sites for hydroxylation is 2. The minimum Gasteiger partial charge on any atom is -0.378 e. The van der Waals surface area contributed by atoms with Crippen LogP contribution in [-0.4, -0.2) is 50.8 Å². The molecule has 9 nitrogen and oxygen atoms in total. The maximum atomic E-state index is 12.6. The van der Waals surface area contributed by atoms with Crippen molar-refractivity contribution in [1.29, 1.82) is 0 Å². The Morgan fingerprint density at radius 2 is 1.89 bits per heavy atom. The van der Waals surface area contributed by atoms with Gasteiger partial charge in [-0.1, -0.05) is 26.0 Å². The average molecular weight is 502 g/mol. The van der Waals surface area contributed by atoms with Crippen LogP contribution in [-0.2, 0) is 11.3 Å². The highest BCUT2D eigenvalue weighted by molar-refractivity contribution is 5.85. The second-order valence-electron chi connectivity index (χ2n) is 9.64. The standard InChI is InChI=1S/C28H35N7O2/c1-5-21(6-2)35-17-30-24-26(29-16-23-18(3)14-19(4)31-28(23)36)32-25(33-27(24)35)20-8-7-9-22(15-20)34-10-12-37-13-11-34/h7-9,14-15,17,21H,5-6,10-13,16H2,1-4H3,(H,31,36)(H,29,32,33). The second-order valence-corrected chi connectivity index (χ2v) is 9.64. The molecule has 0 spiro atoms. The Morgan fingerprint density at radius 3 is 2.62 bits per heavy atom. The molecule has 3 aromatic heterocycles. The lowest BCUT2D eigenvalue weighted by Crippen LogP contribution is -2.36. The van der Waals surface area contributed by atoms with Crippen molar-refractivity contribution in [1.82, 2.24) is 24.5 Å². The van der Waals surface area contributed by atoms with Crippen LogP contribution in [0.2, 0.25) is 0 Å². The average Bonchev–Trinajstić information content (AvgIpc) is 3.33. The highest BCUT2D eigenvalue weighted by atomic mass is 16.5. The molecule has 4 aromatic rings. The van der Waals surface area contributed by atoms with E-state index in [0.29, 0.717) is 35.3 Å². The van der Waals surface area contributed by atoms with E-state index in [1.807, 2.05) is 38.4 Å². The zero-order chi connectivity index (χ0) is 25.9. The van der Waals surface area contributed by atoms with Gasteiger partial charge in [-0.05, 0) is 50.5 Å². The number of pyridine rings is 1. The molecule has 2 N–H and O–H groups in total. The molecule has 5 rings (SSSR count). The molecule has 0 amide bonds. The highest BCUT2D eigenvalue weighted by Gasteiger charge is 2.19. The third-order valence-corrected chi connectivity index (χ3v) is 7.16. The number of anilines is 2. The first kappa shape index (κ1) is 25.0. The number of rotatable bonds is 8. The molecule has 9 heteroatoms. The van der Waals surface area contributed by atoms with Crippen molar-refractivity contribution in [3.63, 3.8) is 0 Å². The van der Waals surface area contributed by atoms with Gasteiger partial charge in [-0.25, -0.2) is 15.0 Å². The quantitative estimate of drug-likeness (QED) is 0.364. The van der Waals surface area contributed by atoms with E-state index in [1.54, 1.807) is 0 Å². The van der Waals surface area contributed by atoms with E-state index in [0.717, 1.165) is 67.3 Å². The number of fused-ring (bicyclic) bond motifs is 1.